The summed E-state index contributed by atoms with van der Waals surface area (Å²) >= 11 is 0. The van der Waals surface area contributed by atoms with E-state index < -0.39 is 0 Å². The van der Waals surface area contributed by atoms with Crippen LogP contribution in [0.5, 0.6) is 0 Å². The highest BCUT2D eigenvalue weighted by Gasteiger charge is 2.09. The van der Waals surface area contributed by atoms with Crippen molar-refractivity contribution in [2.45, 2.75) is 40.0 Å². The van der Waals surface area contributed by atoms with E-state index in [-0.39, 0.29) is 0 Å². The van der Waals surface area contributed by atoms with Crippen LogP contribution in [0.15, 0.2) is 24.4 Å². The van der Waals surface area contributed by atoms with Gasteiger partial charge in [-0.2, -0.15) is 0 Å². The number of aromatic amines is 1. The van der Waals surface area contributed by atoms with Gasteiger partial charge >= 0.3 is 0 Å². The highest BCUT2D eigenvalue weighted by molar-refractivity contribution is 5.83. The SMILES string of the molecule is CCCc1c(CC(C)C)ccc2cc[nH]c12. The lowest BCUT2D eigenvalue weighted by atomic mass is 9.94. The molecule has 0 saturated carbocycles. The van der Waals surface area contributed by atoms with Crippen molar-refractivity contribution in [1.82, 2.24) is 4.98 Å². The largest absolute Gasteiger partial charge is 0.361 e. The molecule has 0 radical (unpaired) electrons. The molecule has 1 aromatic carbocycles. The topological polar surface area (TPSA) is 15.8 Å². The summed E-state index contributed by atoms with van der Waals surface area (Å²) in [7, 11) is 0. The summed E-state index contributed by atoms with van der Waals surface area (Å²) in [5.74, 6) is 0.725. The van der Waals surface area contributed by atoms with E-state index in [1.54, 1.807) is 0 Å². The van der Waals surface area contributed by atoms with Crippen molar-refractivity contribution in [3.8, 4) is 0 Å². The lowest BCUT2D eigenvalue weighted by Gasteiger charge is -2.12. The second kappa shape index (κ2) is 4.73. The van der Waals surface area contributed by atoms with Gasteiger partial charge in [0.15, 0.2) is 0 Å². The van der Waals surface area contributed by atoms with Crippen LogP contribution in [0.25, 0.3) is 10.9 Å². The highest BCUT2D eigenvalue weighted by atomic mass is 14.7. The molecule has 0 saturated heterocycles. The van der Waals surface area contributed by atoms with Gasteiger partial charge in [-0.3, -0.25) is 0 Å². The normalized spacial score (nSPS) is 11.5. The number of aromatic nitrogens is 1. The van der Waals surface area contributed by atoms with E-state index in [0.29, 0.717) is 0 Å². The molecule has 0 atom stereocenters. The Morgan fingerprint density at radius 1 is 1.19 bits per heavy atom. The smallest absolute Gasteiger partial charge is 0.0489 e. The second-order valence-corrected chi connectivity index (χ2v) is 4.99. The van der Waals surface area contributed by atoms with E-state index in [9.17, 15) is 0 Å². The van der Waals surface area contributed by atoms with Gasteiger partial charge in [0.1, 0.15) is 0 Å². The molecule has 0 fully saturated rings. The minimum atomic E-state index is 0.725. The molecule has 0 amide bonds. The Bertz CT molecular complexity index is 465. The van der Waals surface area contributed by atoms with Gasteiger partial charge in [-0.25, -0.2) is 0 Å². The summed E-state index contributed by atoms with van der Waals surface area (Å²) in [6.45, 7) is 6.82. The van der Waals surface area contributed by atoms with E-state index in [2.05, 4.69) is 44.0 Å². The van der Waals surface area contributed by atoms with Gasteiger partial charge in [0.25, 0.3) is 0 Å². The van der Waals surface area contributed by atoms with Crippen molar-refractivity contribution in [2.24, 2.45) is 5.92 Å². The molecular weight excluding hydrogens is 194 g/mol. The molecule has 2 rings (SSSR count). The molecule has 86 valence electrons. The summed E-state index contributed by atoms with van der Waals surface area (Å²) in [5, 5.41) is 1.34. The maximum Gasteiger partial charge on any atom is 0.0489 e. The van der Waals surface area contributed by atoms with Crippen molar-refractivity contribution in [3.63, 3.8) is 0 Å². The molecule has 1 aromatic heterocycles. The van der Waals surface area contributed by atoms with E-state index >= 15 is 0 Å². The lowest BCUT2D eigenvalue weighted by molar-refractivity contribution is 0.642. The third-order valence-electron chi connectivity index (χ3n) is 3.06. The molecule has 16 heavy (non-hydrogen) atoms. The molecule has 0 spiro atoms. The lowest BCUT2D eigenvalue weighted by Crippen LogP contribution is -2.00. The van der Waals surface area contributed by atoms with Crippen LogP contribution in [0, 0.1) is 5.92 Å². The van der Waals surface area contributed by atoms with Crippen LogP contribution >= 0.6 is 0 Å². The molecular formula is C15H21N. The Morgan fingerprint density at radius 2 is 2.00 bits per heavy atom. The second-order valence-electron chi connectivity index (χ2n) is 4.99. The van der Waals surface area contributed by atoms with E-state index in [1.165, 1.54) is 41.3 Å². The number of hydrogen-bond acceptors (Lipinski definition) is 0. The number of rotatable bonds is 4. The molecule has 0 unspecified atom stereocenters. The number of nitrogens with one attached hydrogen (secondary N) is 1. The fourth-order valence-corrected chi connectivity index (χ4v) is 2.40. The first kappa shape index (κ1) is 11.3. The van der Waals surface area contributed by atoms with Crippen LogP contribution in [-0.2, 0) is 12.8 Å². The maximum absolute atomic E-state index is 3.39. The van der Waals surface area contributed by atoms with Crippen LogP contribution < -0.4 is 0 Å². The molecule has 1 nitrogen and oxygen atoms in total. The number of hydrogen-bond donors (Lipinski definition) is 1. The summed E-state index contributed by atoms with van der Waals surface area (Å²) in [5.41, 5.74) is 4.39. The van der Waals surface area contributed by atoms with Gasteiger partial charge in [-0.05, 0) is 41.3 Å². The molecule has 0 aliphatic carbocycles. The molecule has 0 aliphatic heterocycles. The monoisotopic (exact) mass is 215 g/mol. The van der Waals surface area contributed by atoms with Crippen molar-refractivity contribution in [1.29, 1.82) is 0 Å². The van der Waals surface area contributed by atoms with Crippen molar-refractivity contribution in [2.75, 3.05) is 0 Å². The first-order valence-electron chi connectivity index (χ1n) is 6.30. The third kappa shape index (κ3) is 2.13. The minimum Gasteiger partial charge on any atom is -0.361 e. The quantitative estimate of drug-likeness (QED) is 0.781. The fourth-order valence-electron chi connectivity index (χ4n) is 2.40. The zero-order valence-electron chi connectivity index (χ0n) is 10.5. The predicted molar refractivity (Wildman–Crippen MR) is 70.8 cm³/mol. The Labute approximate surface area is 97.9 Å². The highest BCUT2D eigenvalue weighted by Crippen LogP contribution is 2.24. The standard InChI is InChI=1S/C15H21N/c1-4-5-14-13(10-11(2)3)7-6-12-8-9-16-15(12)14/h6-9,11,16H,4-5,10H2,1-3H3. The summed E-state index contributed by atoms with van der Waals surface area (Å²) in [6.07, 6.45) is 5.62. The van der Waals surface area contributed by atoms with Gasteiger partial charge in [-0.15, -0.1) is 0 Å². The average Bonchev–Trinajstić information content (AvgIpc) is 2.69. The number of aryl methyl sites for hydroxylation is 1. The zero-order valence-corrected chi connectivity index (χ0v) is 10.5. The molecule has 1 heteroatoms. The van der Waals surface area contributed by atoms with Crippen molar-refractivity contribution < 1.29 is 0 Å². The van der Waals surface area contributed by atoms with Crippen LogP contribution in [0.2, 0.25) is 0 Å². The van der Waals surface area contributed by atoms with Crippen LogP contribution in [0.1, 0.15) is 38.3 Å². The van der Waals surface area contributed by atoms with Crippen LogP contribution in [0.3, 0.4) is 0 Å². The Balaban J connectivity index is 2.49. The van der Waals surface area contributed by atoms with Gasteiger partial charge in [0, 0.05) is 11.7 Å². The zero-order chi connectivity index (χ0) is 11.5. The molecule has 1 heterocycles. The first-order chi connectivity index (χ1) is 7.72. The third-order valence-corrected chi connectivity index (χ3v) is 3.06. The molecule has 0 aliphatic rings. The van der Waals surface area contributed by atoms with Crippen LogP contribution in [0.4, 0.5) is 0 Å². The number of H-pyrrole nitrogens is 1. The number of fused-ring (bicyclic) bond motifs is 1. The molecule has 0 bridgehead atoms. The average molecular weight is 215 g/mol. The molecule has 1 N–H and O–H groups in total. The van der Waals surface area contributed by atoms with E-state index in [4.69, 9.17) is 0 Å². The van der Waals surface area contributed by atoms with E-state index in [1.807, 2.05) is 6.20 Å². The Morgan fingerprint density at radius 3 is 2.69 bits per heavy atom. The first-order valence-corrected chi connectivity index (χ1v) is 6.30. The van der Waals surface area contributed by atoms with Gasteiger partial charge in [-0.1, -0.05) is 39.3 Å². The van der Waals surface area contributed by atoms with Crippen molar-refractivity contribution in [3.05, 3.63) is 35.5 Å². The van der Waals surface area contributed by atoms with Gasteiger partial charge in [0.05, 0.1) is 0 Å². The predicted octanol–water partition coefficient (Wildman–Crippen LogP) is 4.32. The van der Waals surface area contributed by atoms with E-state index in [0.717, 1.165) is 5.92 Å². The fraction of sp³-hybridized carbons (Fsp3) is 0.467. The van der Waals surface area contributed by atoms with Crippen molar-refractivity contribution >= 4 is 10.9 Å². The van der Waals surface area contributed by atoms with Gasteiger partial charge < -0.3 is 4.98 Å². The number of benzene rings is 1. The molecule has 2 aromatic rings. The van der Waals surface area contributed by atoms with Gasteiger partial charge in [0.2, 0.25) is 0 Å². The Kier molecular flexibility index (Phi) is 3.33. The summed E-state index contributed by atoms with van der Waals surface area (Å²) < 4.78 is 0. The van der Waals surface area contributed by atoms with Crippen LogP contribution in [-0.4, -0.2) is 4.98 Å². The Hall–Kier alpha value is -1.24. The minimum absolute atomic E-state index is 0.725. The maximum atomic E-state index is 3.39. The summed E-state index contributed by atoms with van der Waals surface area (Å²) in [6, 6.07) is 6.71. The summed E-state index contributed by atoms with van der Waals surface area (Å²) in [4.78, 5) is 3.39.